The topological polar surface area (TPSA) is 251 Å². The van der Waals surface area contributed by atoms with E-state index in [9.17, 15) is 24.5 Å². The summed E-state index contributed by atoms with van der Waals surface area (Å²) in [6.45, 7) is 11.7. The first-order valence-electron chi connectivity index (χ1n) is 16.0. The van der Waals surface area contributed by atoms with E-state index in [0.717, 1.165) is 12.1 Å². The van der Waals surface area contributed by atoms with Crippen molar-refractivity contribution in [3.63, 3.8) is 0 Å². The fraction of sp³-hybridized carbons (Fsp3) is 0.457. The smallest absolute Gasteiger partial charge is 0.408 e. The number of non-ortho nitro benzene ring substituents is 1. The summed E-state index contributed by atoms with van der Waals surface area (Å²) in [6, 6.07) is 9.92. The molecule has 0 aliphatic carbocycles. The number of benzene rings is 2. The Morgan fingerprint density at radius 2 is 1.67 bits per heavy atom. The van der Waals surface area contributed by atoms with Crippen LogP contribution >= 0.6 is 0 Å². The van der Waals surface area contributed by atoms with Crippen LogP contribution in [0.2, 0.25) is 0 Å². The number of carbonyl (C=O) groups excluding carboxylic acids is 4. The minimum Gasteiger partial charge on any atom is -0.489 e. The van der Waals surface area contributed by atoms with Gasteiger partial charge in [0.15, 0.2) is 0 Å². The van der Waals surface area contributed by atoms with Crippen molar-refractivity contribution in [1.82, 2.24) is 16.0 Å². The summed E-state index contributed by atoms with van der Waals surface area (Å²) < 4.78 is 16.5. The Labute approximate surface area is 304 Å². The van der Waals surface area contributed by atoms with Gasteiger partial charge >= 0.3 is 6.09 Å². The summed E-state index contributed by atoms with van der Waals surface area (Å²) in [4.78, 5) is 64.7. The van der Waals surface area contributed by atoms with E-state index in [1.807, 2.05) is 7.05 Å². The van der Waals surface area contributed by atoms with E-state index in [0.29, 0.717) is 17.0 Å². The van der Waals surface area contributed by atoms with E-state index in [-0.39, 0.29) is 50.9 Å². The highest BCUT2D eigenvalue weighted by Crippen LogP contribution is 2.22. The Kier molecular flexibility index (Phi) is 26.1. The van der Waals surface area contributed by atoms with Gasteiger partial charge in [-0.1, -0.05) is 32.8 Å². The molecule has 0 aliphatic heterocycles. The Morgan fingerprint density at radius 3 is 2.13 bits per heavy atom. The number of hydrogen-bond donors (Lipinski definition) is 6. The molecule has 2 rings (SSSR count). The highest BCUT2D eigenvalue weighted by Gasteiger charge is 2.27. The van der Waals surface area contributed by atoms with Gasteiger partial charge in [0.1, 0.15) is 30.6 Å². The van der Waals surface area contributed by atoms with E-state index >= 15 is 0 Å². The highest BCUT2D eigenvalue weighted by molar-refractivity contribution is 5.96. The van der Waals surface area contributed by atoms with Crippen molar-refractivity contribution in [2.75, 3.05) is 32.1 Å². The number of carbonyl (C=O) groups is 5. The predicted molar refractivity (Wildman–Crippen MR) is 195 cm³/mol. The van der Waals surface area contributed by atoms with Crippen LogP contribution < -0.4 is 31.7 Å². The first-order chi connectivity index (χ1) is 24.5. The molecule has 0 saturated heterocycles. The molecule has 0 bridgehead atoms. The summed E-state index contributed by atoms with van der Waals surface area (Å²) in [5, 5.41) is 28.6. The fourth-order valence-electron chi connectivity index (χ4n) is 3.73. The number of rotatable bonds is 15. The number of nitrogens with one attached hydrogen (secondary N) is 4. The minimum atomic E-state index is -0.896. The molecule has 288 valence electrons. The maximum absolute atomic E-state index is 12.7. The molecule has 52 heavy (non-hydrogen) atoms. The zero-order valence-electron chi connectivity index (χ0n) is 30.7. The average molecular weight is 733 g/mol. The monoisotopic (exact) mass is 732 g/mol. The molecule has 17 nitrogen and oxygen atoms in total. The molecule has 4 amide bonds. The number of nitro groups is 1. The molecule has 1 atom stereocenters. The molecule has 0 radical (unpaired) electrons. The van der Waals surface area contributed by atoms with Crippen molar-refractivity contribution in [1.29, 1.82) is 0 Å². The van der Waals surface area contributed by atoms with E-state index < -0.39 is 34.5 Å². The van der Waals surface area contributed by atoms with Crippen LogP contribution in [0.4, 0.5) is 16.2 Å². The van der Waals surface area contributed by atoms with E-state index in [4.69, 9.17) is 35.3 Å². The van der Waals surface area contributed by atoms with Crippen molar-refractivity contribution in [2.24, 2.45) is 11.7 Å². The fourth-order valence-corrected chi connectivity index (χ4v) is 3.73. The van der Waals surface area contributed by atoms with Crippen LogP contribution in [-0.4, -0.2) is 79.2 Å². The number of anilines is 1. The van der Waals surface area contributed by atoms with Gasteiger partial charge in [0.2, 0.25) is 18.2 Å². The Bertz CT molecular complexity index is 1410. The molecule has 0 spiro atoms. The van der Waals surface area contributed by atoms with Crippen LogP contribution in [0.15, 0.2) is 42.5 Å². The second kappa shape index (κ2) is 28.0. The lowest BCUT2D eigenvalue weighted by atomic mass is 10.0. The van der Waals surface area contributed by atoms with Crippen molar-refractivity contribution < 1.29 is 48.2 Å². The predicted octanol–water partition coefficient (Wildman–Crippen LogP) is 3.35. The molecule has 0 aliphatic rings. The van der Waals surface area contributed by atoms with Gasteiger partial charge in [0, 0.05) is 17.8 Å². The summed E-state index contributed by atoms with van der Waals surface area (Å²) in [7, 11) is 1.96. The molecule has 0 saturated carbocycles. The third-order valence-electron chi connectivity index (χ3n) is 5.92. The number of alkyl carbamates (subject to hydrolysis) is 1. The number of nitrogens with zero attached hydrogens (tertiary/aromatic N) is 1. The van der Waals surface area contributed by atoms with Crippen molar-refractivity contribution in [2.45, 2.75) is 72.8 Å². The van der Waals surface area contributed by atoms with E-state index in [1.165, 1.54) is 30.7 Å². The van der Waals surface area contributed by atoms with Crippen LogP contribution in [0.3, 0.4) is 0 Å². The number of hydrogen-bond acceptors (Lipinski definition) is 11. The molecule has 17 heteroatoms. The molecule has 0 heterocycles. The SMILES string of the molecule is C#CCOCc1cc(NC(=O)CNC(=O)C(NC(=O)OC(C)(C)C)C(C)C)ccc1COc1ccc([N+](=O)[O-])cc1.CCCNC.NC=O.O=CO. The van der Waals surface area contributed by atoms with Crippen molar-refractivity contribution in [3.05, 3.63) is 63.7 Å². The standard InChI is InChI=1S/C29H36N4O8.C4H11N.CH3NO.CH2O2/c1-7-14-39-17-21-15-22(9-8-20(21)18-40-24-12-10-23(11-13-24)33(37)38)31-25(34)16-30-27(35)26(19(2)3)32-28(36)41-29(4,5)6;1-3-4-5-2;2*2-1-3/h1,8-13,15,19,26H,14,16-18H2,2-6H3,(H,30,35)(H,31,34)(H,32,36);5H,3-4H2,1-2H3;1H,(H2,2,3);1H,(H,2,3). The van der Waals surface area contributed by atoms with E-state index in [1.54, 1.807) is 52.8 Å². The summed E-state index contributed by atoms with van der Waals surface area (Å²) in [5.41, 5.74) is 5.30. The van der Waals surface area contributed by atoms with Gasteiger partial charge in [-0.25, -0.2) is 4.79 Å². The summed E-state index contributed by atoms with van der Waals surface area (Å²) in [5.74, 6) is 1.57. The van der Waals surface area contributed by atoms with Crippen LogP contribution in [0, 0.1) is 28.4 Å². The summed E-state index contributed by atoms with van der Waals surface area (Å²) >= 11 is 0. The lowest BCUT2D eigenvalue weighted by molar-refractivity contribution is -0.384. The Morgan fingerprint density at radius 1 is 1.08 bits per heavy atom. The maximum atomic E-state index is 12.7. The zero-order chi connectivity index (χ0) is 40.1. The van der Waals surface area contributed by atoms with E-state index in [2.05, 4.69) is 39.8 Å². The largest absolute Gasteiger partial charge is 0.489 e. The number of amides is 4. The van der Waals surface area contributed by atoms with Crippen molar-refractivity contribution >= 4 is 42.2 Å². The molecule has 2 aromatic rings. The van der Waals surface area contributed by atoms with Gasteiger partial charge in [0.25, 0.3) is 12.2 Å². The third-order valence-corrected chi connectivity index (χ3v) is 5.92. The highest BCUT2D eigenvalue weighted by atomic mass is 16.6. The molecular weight excluding hydrogens is 680 g/mol. The normalized spacial score (nSPS) is 10.4. The Balaban J connectivity index is 0. The van der Waals surface area contributed by atoms with Crippen LogP contribution in [0.5, 0.6) is 5.75 Å². The molecule has 7 N–H and O–H groups in total. The molecular formula is C35H52N6O11. The number of nitro benzene ring substituents is 1. The van der Waals surface area contributed by atoms with Crippen molar-refractivity contribution in [3.8, 4) is 18.1 Å². The first kappa shape index (κ1) is 48.4. The van der Waals surface area contributed by atoms with Gasteiger partial charge in [-0.05, 0) is 82.1 Å². The lowest BCUT2D eigenvalue weighted by Gasteiger charge is -2.25. The molecule has 1 unspecified atom stereocenters. The summed E-state index contributed by atoms with van der Waals surface area (Å²) in [6.07, 6.45) is 6.03. The van der Waals surface area contributed by atoms with Gasteiger partial charge in [-0.3, -0.25) is 29.3 Å². The second-order valence-corrected chi connectivity index (χ2v) is 11.7. The van der Waals surface area contributed by atoms with Crippen LogP contribution in [0.1, 0.15) is 59.1 Å². The zero-order valence-corrected chi connectivity index (χ0v) is 30.7. The number of primary amides is 1. The van der Waals surface area contributed by atoms with Gasteiger partial charge < -0.3 is 46.3 Å². The van der Waals surface area contributed by atoms with Crippen LogP contribution in [-0.2, 0) is 41.9 Å². The Hall–Kier alpha value is -5.73. The number of ether oxygens (including phenoxy) is 3. The first-order valence-corrected chi connectivity index (χ1v) is 16.0. The molecule has 2 aromatic carbocycles. The average Bonchev–Trinajstić information content (AvgIpc) is 3.06. The lowest BCUT2D eigenvalue weighted by Crippen LogP contribution is -2.52. The quantitative estimate of drug-likeness (QED) is 0.0507. The molecule has 0 fully saturated rings. The van der Waals surface area contributed by atoms with Gasteiger partial charge in [-0.2, -0.15) is 0 Å². The second-order valence-electron chi connectivity index (χ2n) is 11.7. The molecule has 0 aromatic heterocycles. The van der Waals surface area contributed by atoms with Gasteiger partial charge in [0.05, 0.1) is 18.1 Å². The minimum absolute atomic E-state index is 0.0453. The van der Waals surface area contributed by atoms with Gasteiger partial charge in [-0.15, -0.1) is 6.42 Å². The number of nitrogens with two attached hydrogens (primary N) is 1. The third kappa shape index (κ3) is 23.6. The number of terminal acetylenes is 1. The van der Waals surface area contributed by atoms with Crippen LogP contribution in [0.25, 0.3) is 0 Å². The maximum Gasteiger partial charge on any atom is 0.408 e. The number of carboxylic acid groups (broad SMARTS) is 1.